The highest BCUT2D eigenvalue weighted by molar-refractivity contribution is 7.97. The van der Waals surface area contributed by atoms with E-state index in [0.717, 1.165) is 5.56 Å². The van der Waals surface area contributed by atoms with Crippen LogP contribution in [0.15, 0.2) is 75.3 Å². The molecule has 0 radical (unpaired) electrons. The predicted octanol–water partition coefficient (Wildman–Crippen LogP) is 3.24. The highest BCUT2D eigenvalue weighted by Gasteiger charge is 2.20. The van der Waals surface area contributed by atoms with Gasteiger partial charge in [0.15, 0.2) is 0 Å². The Morgan fingerprint density at radius 1 is 0.900 bits per heavy atom. The standard InChI is InChI=1S/C15H12N2O2S/c18-15-16-14(12-7-3-1-4-8-12)11-20(19,17-15)13-9-5-2-6-10-13/h1-11H,(H,16,17,18,19). The molecule has 0 saturated heterocycles. The number of hydrogen-bond acceptors (Lipinski definition) is 2. The summed E-state index contributed by atoms with van der Waals surface area (Å²) in [7, 11) is -2.86. The summed E-state index contributed by atoms with van der Waals surface area (Å²) in [6, 6.07) is 17.5. The fourth-order valence-electron chi connectivity index (χ4n) is 1.97. The van der Waals surface area contributed by atoms with Gasteiger partial charge in [0.25, 0.3) is 0 Å². The number of carbonyl (C=O) groups is 1. The maximum absolute atomic E-state index is 12.9. The second kappa shape index (κ2) is 4.94. The van der Waals surface area contributed by atoms with Gasteiger partial charge in [0, 0.05) is 5.41 Å². The van der Waals surface area contributed by atoms with Crippen LogP contribution in [-0.4, -0.2) is 10.2 Å². The molecule has 4 nitrogen and oxygen atoms in total. The molecule has 2 amide bonds. The van der Waals surface area contributed by atoms with Crippen LogP contribution < -0.4 is 5.32 Å². The Balaban J connectivity index is 2.15. The van der Waals surface area contributed by atoms with Crippen LogP contribution in [-0.2, 0) is 9.73 Å². The first kappa shape index (κ1) is 12.6. The Kier molecular flexibility index (Phi) is 3.12. The molecule has 5 heteroatoms. The molecule has 20 heavy (non-hydrogen) atoms. The summed E-state index contributed by atoms with van der Waals surface area (Å²) in [6.07, 6.45) is 0. The summed E-state index contributed by atoms with van der Waals surface area (Å²) in [5, 5.41) is 4.16. The van der Waals surface area contributed by atoms with Crippen LogP contribution in [0, 0.1) is 0 Å². The largest absolute Gasteiger partial charge is 0.354 e. The molecule has 1 aliphatic heterocycles. The van der Waals surface area contributed by atoms with Crippen LogP contribution in [0.1, 0.15) is 5.56 Å². The summed E-state index contributed by atoms with van der Waals surface area (Å²) in [6.45, 7) is 0. The molecule has 0 aromatic heterocycles. The van der Waals surface area contributed by atoms with Gasteiger partial charge >= 0.3 is 6.03 Å². The van der Waals surface area contributed by atoms with E-state index in [1.807, 2.05) is 36.4 Å². The molecule has 1 heterocycles. The number of carbonyl (C=O) groups excluding carboxylic acids is 1. The lowest BCUT2D eigenvalue weighted by Crippen LogP contribution is -2.24. The third kappa shape index (κ3) is 2.35. The molecule has 2 aromatic carbocycles. The van der Waals surface area contributed by atoms with Crippen molar-refractivity contribution in [3.63, 3.8) is 0 Å². The third-order valence-electron chi connectivity index (χ3n) is 2.90. The zero-order chi connectivity index (χ0) is 14.0. The molecule has 0 bridgehead atoms. The van der Waals surface area contributed by atoms with Gasteiger partial charge in [-0.1, -0.05) is 48.5 Å². The van der Waals surface area contributed by atoms with E-state index in [9.17, 15) is 9.00 Å². The van der Waals surface area contributed by atoms with Crippen molar-refractivity contribution in [2.75, 3.05) is 0 Å². The smallest absolute Gasteiger partial charge is 0.304 e. The van der Waals surface area contributed by atoms with Crippen molar-refractivity contribution in [3.8, 4) is 0 Å². The van der Waals surface area contributed by atoms with Crippen molar-refractivity contribution in [1.82, 2.24) is 5.32 Å². The second-order valence-corrected chi connectivity index (χ2v) is 6.33. The summed E-state index contributed by atoms with van der Waals surface area (Å²) in [5.74, 6) is 0. The van der Waals surface area contributed by atoms with Gasteiger partial charge in [-0.15, -0.1) is 4.36 Å². The van der Waals surface area contributed by atoms with Gasteiger partial charge in [0.1, 0.15) is 9.73 Å². The van der Waals surface area contributed by atoms with E-state index in [2.05, 4.69) is 9.68 Å². The average molecular weight is 284 g/mol. The Bertz CT molecular complexity index is 789. The average Bonchev–Trinajstić information content (AvgIpc) is 2.48. The van der Waals surface area contributed by atoms with Crippen LogP contribution >= 0.6 is 0 Å². The van der Waals surface area contributed by atoms with E-state index in [1.54, 1.807) is 24.3 Å². The Morgan fingerprint density at radius 3 is 2.15 bits per heavy atom. The maximum atomic E-state index is 12.9. The molecular weight excluding hydrogens is 272 g/mol. The highest BCUT2D eigenvalue weighted by atomic mass is 32.2. The molecule has 100 valence electrons. The van der Waals surface area contributed by atoms with Gasteiger partial charge in [-0.05, 0) is 17.7 Å². The van der Waals surface area contributed by atoms with Crippen molar-refractivity contribution < 1.29 is 9.00 Å². The van der Waals surface area contributed by atoms with E-state index in [-0.39, 0.29) is 0 Å². The quantitative estimate of drug-likeness (QED) is 0.920. The Hall–Kier alpha value is -2.40. The van der Waals surface area contributed by atoms with Gasteiger partial charge < -0.3 is 5.32 Å². The van der Waals surface area contributed by atoms with Crippen molar-refractivity contribution in [1.29, 1.82) is 0 Å². The Morgan fingerprint density at radius 2 is 1.50 bits per heavy atom. The van der Waals surface area contributed by atoms with Crippen molar-refractivity contribution in [2.24, 2.45) is 4.36 Å². The molecule has 1 atom stereocenters. The summed E-state index contributed by atoms with van der Waals surface area (Å²) >= 11 is 0. The Labute approximate surface area is 117 Å². The fraction of sp³-hybridized carbons (Fsp3) is 0. The number of amides is 2. The maximum Gasteiger partial charge on any atom is 0.354 e. The summed E-state index contributed by atoms with van der Waals surface area (Å²) in [5.41, 5.74) is 1.33. The van der Waals surface area contributed by atoms with Crippen LogP contribution in [0.4, 0.5) is 4.79 Å². The molecular formula is C15H12N2O2S. The summed E-state index contributed by atoms with van der Waals surface area (Å²) in [4.78, 5) is 12.3. The van der Waals surface area contributed by atoms with Gasteiger partial charge in [-0.25, -0.2) is 9.00 Å². The molecule has 1 aliphatic rings. The molecule has 1 unspecified atom stereocenters. The second-order valence-electron chi connectivity index (χ2n) is 4.30. The zero-order valence-electron chi connectivity index (χ0n) is 10.5. The van der Waals surface area contributed by atoms with E-state index in [0.29, 0.717) is 10.6 Å². The first-order valence-electron chi connectivity index (χ1n) is 6.08. The number of nitrogens with one attached hydrogen (secondary N) is 1. The number of urea groups is 1. The molecule has 0 aliphatic carbocycles. The molecule has 3 rings (SSSR count). The first-order valence-corrected chi connectivity index (χ1v) is 7.65. The highest BCUT2D eigenvalue weighted by Crippen LogP contribution is 2.23. The zero-order valence-corrected chi connectivity index (χ0v) is 11.3. The van der Waals surface area contributed by atoms with Crippen molar-refractivity contribution in [3.05, 3.63) is 71.6 Å². The number of nitrogens with zero attached hydrogens (tertiary/aromatic N) is 1. The minimum Gasteiger partial charge on any atom is -0.304 e. The van der Waals surface area contributed by atoms with E-state index < -0.39 is 15.8 Å². The fourth-order valence-corrected chi connectivity index (χ4v) is 3.62. The molecule has 0 saturated carbocycles. The minimum absolute atomic E-state index is 0.527. The lowest BCUT2D eigenvalue weighted by atomic mass is 10.2. The lowest BCUT2D eigenvalue weighted by molar-refractivity contribution is 0.253. The van der Waals surface area contributed by atoms with Crippen LogP contribution in [0.3, 0.4) is 0 Å². The van der Waals surface area contributed by atoms with Crippen LogP contribution in [0.2, 0.25) is 0 Å². The monoisotopic (exact) mass is 284 g/mol. The first-order chi connectivity index (χ1) is 9.67. The molecule has 2 aromatic rings. The van der Waals surface area contributed by atoms with Gasteiger partial charge in [-0.2, -0.15) is 0 Å². The molecule has 0 fully saturated rings. The molecule has 1 N–H and O–H groups in total. The lowest BCUT2D eigenvalue weighted by Gasteiger charge is -2.16. The normalized spacial score (nSPS) is 21.6. The SMILES string of the molecule is O=C1N=S(=O)(c2ccccc2)C=C(c2ccccc2)N1. The van der Waals surface area contributed by atoms with E-state index in [1.165, 1.54) is 5.41 Å². The third-order valence-corrected chi connectivity index (χ3v) is 4.84. The van der Waals surface area contributed by atoms with Crippen LogP contribution in [0.5, 0.6) is 0 Å². The number of benzene rings is 2. The van der Waals surface area contributed by atoms with Crippen molar-refractivity contribution in [2.45, 2.75) is 4.90 Å². The summed E-state index contributed by atoms with van der Waals surface area (Å²) < 4.78 is 16.7. The van der Waals surface area contributed by atoms with Gasteiger partial charge in [-0.3, -0.25) is 0 Å². The molecule has 0 spiro atoms. The predicted molar refractivity (Wildman–Crippen MR) is 78.2 cm³/mol. The van der Waals surface area contributed by atoms with Crippen molar-refractivity contribution >= 4 is 21.5 Å². The van der Waals surface area contributed by atoms with E-state index >= 15 is 0 Å². The van der Waals surface area contributed by atoms with Gasteiger partial charge in [0.2, 0.25) is 0 Å². The number of rotatable bonds is 2. The topological polar surface area (TPSA) is 58.5 Å². The minimum atomic E-state index is -2.86. The van der Waals surface area contributed by atoms with E-state index in [4.69, 9.17) is 0 Å². The van der Waals surface area contributed by atoms with Gasteiger partial charge in [0.05, 0.1) is 10.6 Å². The van der Waals surface area contributed by atoms with Crippen LogP contribution in [0.25, 0.3) is 5.70 Å². The number of hydrogen-bond donors (Lipinski definition) is 1.